The third kappa shape index (κ3) is 2.98. The summed E-state index contributed by atoms with van der Waals surface area (Å²) in [4.78, 5) is 12.7. The Morgan fingerprint density at radius 1 is 1.50 bits per heavy atom. The Labute approximate surface area is 117 Å². The average Bonchev–Trinajstić information content (AvgIpc) is 2.75. The highest BCUT2D eigenvalue weighted by molar-refractivity contribution is 5.69. The molecule has 0 atom stereocenters. The van der Waals surface area contributed by atoms with Crippen molar-refractivity contribution >= 4 is 11.5 Å². The molecule has 0 saturated heterocycles. The van der Waals surface area contributed by atoms with Crippen LogP contribution >= 0.6 is 0 Å². The van der Waals surface area contributed by atoms with Gasteiger partial charge in [0, 0.05) is 24.5 Å². The molecule has 2 aromatic rings. The summed E-state index contributed by atoms with van der Waals surface area (Å²) >= 11 is 0. The first-order valence-corrected chi connectivity index (χ1v) is 6.58. The van der Waals surface area contributed by atoms with Gasteiger partial charge in [0.15, 0.2) is 0 Å². The molecular formula is C15H17N3O2. The fraction of sp³-hybridized carbons (Fsp3) is 0.333. The number of pyridine rings is 1. The molecule has 0 aliphatic heterocycles. The van der Waals surface area contributed by atoms with Crippen molar-refractivity contribution < 1.29 is 9.90 Å². The summed E-state index contributed by atoms with van der Waals surface area (Å²) in [5.41, 5.74) is 2.35. The number of nitriles is 1. The number of hydrogen-bond donors (Lipinski definition) is 1. The van der Waals surface area contributed by atoms with Gasteiger partial charge in [-0.05, 0) is 25.1 Å². The van der Waals surface area contributed by atoms with Crippen molar-refractivity contribution in [1.82, 2.24) is 9.30 Å². The molecule has 0 radical (unpaired) electrons. The molecule has 2 rings (SSSR count). The van der Waals surface area contributed by atoms with E-state index in [0.29, 0.717) is 18.7 Å². The van der Waals surface area contributed by atoms with Gasteiger partial charge < -0.3 is 9.51 Å². The van der Waals surface area contributed by atoms with Gasteiger partial charge in [-0.15, -0.1) is 0 Å². The van der Waals surface area contributed by atoms with Gasteiger partial charge in [0.1, 0.15) is 6.07 Å². The zero-order valence-corrected chi connectivity index (χ0v) is 11.4. The first kappa shape index (κ1) is 14.1. The van der Waals surface area contributed by atoms with Gasteiger partial charge in [-0.3, -0.25) is 9.69 Å². The topological polar surface area (TPSA) is 68.7 Å². The van der Waals surface area contributed by atoms with Crippen molar-refractivity contribution in [2.75, 3.05) is 13.1 Å². The molecule has 0 fully saturated rings. The number of aliphatic carboxylic acids is 1. The number of hydrogen-bond acceptors (Lipinski definition) is 3. The van der Waals surface area contributed by atoms with E-state index in [2.05, 4.69) is 6.07 Å². The highest BCUT2D eigenvalue weighted by Gasteiger charge is 2.15. The quantitative estimate of drug-likeness (QED) is 0.873. The largest absolute Gasteiger partial charge is 0.480 e. The summed E-state index contributed by atoms with van der Waals surface area (Å²) < 4.78 is 1.90. The normalized spacial score (nSPS) is 10.8. The van der Waals surface area contributed by atoms with Crippen molar-refractivity contribution in [3.63, 3.8) is 0 Å². The summed E-state index contributed by atoms with van der Waals surface area (Å²) in [5.74, 6) is -0.847. The lowest BCUT2D eigenvalue weighted by Crippen LogP contribution is -2.30. The number of aromatic nitrogens is 1. The SMILES string of the molecule is CCCN(CC(=O)O)Cc1cn2ccccc2c1C#N. The third-order valence-corrected chi connectivity index (χ3v) is 3.17. The van der Waals surface area contributed by atoms with Crippen LogP contribution in [0.15, 0.2) is 30.6 Å². The highest BCUT2D eigenvalue weighted by atomic mass is 16.4. The van der Waals surface area contributed by atoms with Gasteiger partial charge in [0.25, 0.3) is 0 Å². The minimum Gasteiger partial charge on any atom is -0.480 e. The van der Waals surface area contributed by atoms with Crippen LogP contribution in [0.2, 0.25) is 0 Å². The summed E-state index contributed by atoms with van der Waals surface area (Å²) in [6.45, 7) is 3.18. The zero-order chi connectivity index (χ0) is 14.5. The molecule has 0 amide bonds. The molecule has 2 heterocycles. The molecule has 1 N–H and O–H groups in total. The van der Waals surface area contributed by atoms with E-state index in [9.17, 15) is 10.1 Å². The van der Waals surface area contributed by atoms with Gasteiger partial charge in [-0.1, -0.05) is 13.0 Å². The van der Waals surface area contributed by atoms with Gasteiger partial charge >= 0.3 is 5.97 Å². The Hall–Kier alpha value is -2.32. The number of fused-ring (bicyclic) bond motifs is 1. The Morgan fingerprint density at radius 3 is 2.95 bits per heavy atom. The number of rotatable bonds is 6. The lowest BCUT2D eigenvalue weighted by atomic mass is 10.1. The maximum Gasteiger partial charge on any atom is 0.317 e. The molecule has 0 aliphatic carbocycles. The standard InChI is InChI=1S/C15H17N3O2/c1-2-6-17(11-15(19)20)9-12-10-18-7-4-3-5-14(18)13(12)8-16/h3-5,7,10H,2,6,9,11H2,1H3,(H,19,20). The number of carboxylic acid groups (broad SMARTS) is 1. The summed E-state index contributed by atoms with van der Waals surface area (Å²) in [6, 6.07) is 7.91. The predicted molar refractivity (Wildman–Crippen MR) is 75.3 cm³/mol. The molecule has 0 bridgehead atoms. The molecule has 0 saturated carbocycles. The van der Waals surface area contributed by atoms with Crippen molar-refractivity contribution in [3.8, 4) is 6.07 Å². The van der Waals surface area contributed by atoms with Crippen LogP contribution in [0.3, 0.4) is 0 Å². The lowest BCUT2D eigenvalue weighted by Gasteiger charge is -2.18. The van der Waals surface area contributed by atoms with Crippen molar-refractivity contribution in [3.05, 3.63) is 41.7 Å². The molecule has 2 aromatic heterocycles. The molecule has 0 unspecified atom stereocenters. The maximum absolute atomic E-state index is 10.9. The predicted octanol–water partition coefficient (Wildman–Crippen LogP) is 2.11. The maximum atomic E-state index is 10.9. The smallest absolute Gasteiger partial charge is 0.317 e. The fourth-order valence-electron chi connectivity index (χ4n) is 2.39. The zero-order valence-electron chi connectivity index (χ0n) is 11.4. The van der Waals surface area contributed by atoms with E-state index in [1.807, 2.05) is 46.8 Å². The molecule has 5 nitrogen and oxygen atoms in total. The van der Waals surface area contributed by atoms with Crippen LogP contribution in [0.4, 0.5) is 0 Å². The molecule has 0 aliphatic rings. The van der Waals surface area contributed by atoms with Gasteiger partial charge in [0.05, 0.1) is 17.6 Å². The molecule has 104 valence electrons. The van der Waals surface area contributed by atoms with E-state index >= 15 is 0 Å². The van der Waals surface area contributed by atoms with E-state index in [1.54, 1.807) is 0 Å². The second-order valence-corrected chi connectivity index (χ2v) is 4.74. The van der Waals surface area contributed by atoms with Crippen molar-refractivity contribution in [2.45, 2.75) is 19.9 Å². The number of carbonyl (C=O) groups is 1. The molecule has 5 heteroatoms. The van der Waals surface area contributed by atoms with E-state index in [0.717, 1.165) is 17.5 Å². The Bertz CT molecular complexity index is 655. The lowest BCUT2D eigenvalue weighted by molar-refractivity contribution is -0.138. The van der Waals surface area contributed by atoms with E-state index in [4.69, 9.17) is 5.11 Å². The van der Waals surface area contributed by atoms with Crippen molar-refractivity contribution in [2.24, 2.45) is 0 Å². The van der Waals surface area contributed by atoms with E-state index < -0.39 is 5.97 Å². The first-order chi connectivity index (χ1) is 9.65. The molecule has 0 spiro atoms. The summed E-state index contributed by atoms with van der Waals surface area (Å²) in [6.07, 6.45) is 4.67. The number of carboxylic acids is 1. The summed E-state index contributed by atoms with van der Waals surface area (Å²) in [7, 11) is 0. The average molecular weight is 271 g/mol. The van der Waals surface area contributed by atoms with Crippen LogP contribution < -0.4 is 0 Å². The molecular weight excluding hydrogens is 254 g/mol. The van der Waals surface area contributed by atoms with Gasteiger partial charge in [-0.25, -0.2) is 0 Å². The fourth-order valence-corrected chi connectivity index (χ4v) is 2.39. The Morgan fingerprint density at radius 2 is 2.30 bits per heavy atom. The van der Waals surface area contributed by atoms with Crippen molar-refractivity contribution in [1.29, 1.82) is 5.26 Å². The minimum absolute atomic E-state index is 0.00903. The van der Waals surface area contributed by atoms with Crippen LogP contribution in [0, 0.1) is 11.3 Å². The minimum atomic E-state index is -0.847. The van der Waals surface area contributed by atoms with Crippen LogP contribution in [0.25, 0.3) is 5.52 Å². The van der Waals surface area contributed by atoms with Gasteiger partial charge in [0.2, 0.25) is 0 Å². The third-order valence-electron chi connectivity index (χ3n) is 3.17. The number of nitrogens with zero attached hydrogens (tertiary/aromatic N) is 3. The van der Waals surface area contributed by atoms with Crippen LogP contribution in [0.5, 0.6) is 0 Å². The Kier molecular flexibility index (Phi) is 4.38. The van der Waals surface area contributed by atoms with Crippen LogP contribution in [-0.2, 0) is 11.3 Å². The van der Waals surface area contributed by atoms with E-state index in [-0.39, 0.29) is 6.54 Å². The molecule has 20 heavy (non-hydrogen) atoms. The second kappa shape index (κ2) is 6.22. The highest BCUT2D eigenvalue weighted by Crippen LogP contribution is 2.19. The monoisotopic (exact) mass is 271 g/mol. The van der Waals surface area contributed by atoms with Gasteiger partial charge in [-0.2, -0.15) is 5.26 Å². The Balaban J connectivity index is 2.32. The molecule has 0 aromatic carbocycles. The van der Waals surface area contributed by atoms with Crippen LogP contribution in [0.1, 0.15) is 24.5 Å². The second-order valence-electron chi connectivity index (χ2n) is 4.74. The first-order valence-electron chi connectivity index (χ1n) is 6.58. The van der Waals surface area contributed by atoms with Crippen LogP contribution in [-0.4, -0.2) is 33.5 Å². The summed E-state index contributed by atoms with van der Waals surface area (Å²) in [5, 5.41) is 18.3. The van der Waals surface area contributed by atoms with E-state index in [1.165, 1.54) is 0 Å².